The molecule has 1 saturated heterocycles. The second-order valence-electron chi connectivity index (χ2n) is 7.82. The van der Waals surface area contributed by atoms with Crippen LogP contribution in [0.1, 0.15) is 40.3 Å². The molecule has 172 valence electrons. The molecule has 1 aliphatic heterocycles. The minimum absolute atomic E-state index is 0.00447. The van der Waals surface area contributed by atoms with E-state index >= 15 is 4.39 Å². The van der Waals surface area contributed by atoms with Gasteiger partial charge in [0.1, 0.15) is 6.04 Å². The van der Waals surface area contributed by atoms with Crippen molar-refractivity contribution in [1.82, 2.24) is 24.6 Å². The van der Waals surface area contributed by atoms with Gasteiger partial charge in [-0.3, -0.25) is 23.7 Å². The fraction of sp³-hybridized carbons (Fsp3) is 0.647. The normalized spacial score (nSPS) is 25.7. The van der Waals surface area contributed by atoms with Crippen LogP contribution in [0, 0.1) is 0 Å². The smallest absolute Gasteiger partial charge is 0.323 e. The van der Waals surface area contributed by atoms with Crippen LogP contribution in [0.4, 0.5) is 10.3 Å². The largest absolute Gasteiger partial charge is 0.462 e. The van der Waals surface area contributed by atoms with Crippen LogP contribution < -0.4 is 16.4 Å². The van der Waals surface area contributed by atoms with Gasteiger partial charge in [0.15, 0.2) is 23.1 Å². The third kappa shape index (κ3) is 5.29. The summed E-state index contributed by atoms with van der Waals surface area (Å²) in [5, 5.41) is 2.53. The molecular formula is C17H26FN6O6P. The predicted molar refractivity (Wildman–Crippen MR) is 109 cm³/mol. The Balaban J connectivity index is 1.63. The summed E-state index contributed by atoms with van der Waals surface area (Å²) in [5.41, 5.74) is 3.28. The average molecular weight is 460 g/mol. The van der Waals surface area contributed by atoms with Gasteiger partial charge in [0.25, 0.3) is 13.7 Å². The number of nitrogens with one attached hydrogen (secondary N) is 2. The minimum atomic E-state index is -2.81. The van der Waals surface area contributed by atoms with Crippen LogP contribution >= 0.6 is 8.18 Å². The molecule has 0 aromatic carbocycles. The van der Waals surface area contributed by atoms with Crippen molar-refractivity contribution in [2.45, 2.75) is 64.3 Å². The molecule has 14 heteroatoms. The van der Waals surface area contributed by atoms with Crippen molar-refractivity contribution >= 4 is 31.3 Å². The SMILES string of the molecule is CC(C)OC(=O)[C@H](C)N[PH](=O)OC[C@@H]1C[C@@](C)(F)[C@H](n2cnc3c(=O)[nH]c(N)nc32)O1. The lowest BCUT2D eigenvalue weighted by atomic mass is 10.0. The highest BCUT2D eigenvalue weighted by Gasteiger charge is 2.47. The van der Waals surface area contributed by atoms with E-state index in [2.05, 4.69) is 20.0 Å². The summed E-state index contributed by atoms with van der Waals surface area (Å²) < 4.78 is 44.7. The molecule has 0 bridgehead atoms. The highest BCUT2D eigenvalue weighted by Crippen LogP contribution is 2.42. The molecule has 0 saturated carbocycles. The number of carbonyl (C=O) groups is 1. The number of imidazole rings is 1. The maximum Gasteiger partial charge on any atom is 0.323 e. The topological polar surface area (TPSA) is 163 Å². The molecule has 3 rings (SSSR count). The van der Waals surface area contributed by atoms with Crippen molar-refractivity contribution in [3.05, 3.63) is 16.7 Å². The number of halogens is 1. The van der Waals surface area contributed by atoms with Crippen LogP contribution in [0.2, 0.25) is 0 Å². The van der Waals surface area contributed by atoms with Crippen molar-refractivity contribution < 1.29 is 27.7 Å². The molecule has 31 heavy (non-hydrogen) atoms. The number of alkyl halides is 1. The molecule has 1 unspecified atom stereocenters. The molecule has 0 radical (unpaired) electrons. The van der Waals surface area contributed by atoms with Gasteiger partial charge in [-0.2, -0.15) is 4.98 Å². The molecular weight excluding hydrogens is 434 g/mol. The summed E-state index contributed by atoms with van der Waals surface area (Å²) in [6, 6.07) is -0.829. The zero-order valence-corrected chi connectivity index (χ0v) is 18.5. The lowest BCUT2D eigenvalue weighted by molar-refractivity contribution is -0.149. The van der Waals surface area contributed by atoms with Crippen molar-refractivity contribution in [2.75, 3.05) is 12.3 Å². The Morgan fingerprint density at radius 1 is 1.55 bits per heavy atom. The second kappa shape index (κ2) is 9.03. The van der Waals surface area contributed by atoms with E-state index in [9.17, 15) is 14.2 Å². The van der Waals surface area contributed by atoms with Crippen molar-refractivity contribution in [3.63, 3.8) is 0 Å². The summed E-state index contributed by atoms with van der Waals surface area (Å²) in [6.07, 6.45) is -0.980. The molecule has 12 nitrogen and oxygen atoms in total. The van der Waals surface area contributed by atoms with E-state index in [4.69, 9.17) is 19.7 Å². The number of ether oxygens (including phenoxy) is 2. The summed E-state index contributed by atoms with van der Waals surface area (Å²) in [6.45, 7) is 6.08. The first-order valence-electron chi connectivity index (χ1n) is 9.68. The number of aromatic nitrogens is 4. The lowest BCUT2D eigenvalue weighted by Crippen LogP contribution is -2.33. The van der Waals surface area contributed by atoms with Crippen LogP contribution in [0.25, 0.3) is 11.2 Å². The monoisotopic (exact) mass is 460 g/mol. The van der Waals surface area contributed by atoms with Crippen LogP contribution in [0.3, 0.4) is 0 Å². The molecule has 2 aromatic heterocycles. The molecule has 3 heterocycles. The lowest BCUT2D eigenvalue weighted by Gasteiger charge is -2.22. The molecule has 5 atom stereocenters. The third-order valence-corrected chi connectivity index (χ3v) is 5.70. The van der Waals surface area contributed by atoms with Crippen molar-refractivity contribution in [1.29, 1.82) is 0 Å². The maximum absolute atomic E-state index is 15.3. The van der Waals surface area contributed by atoms with Gasteiger partial charge in [0.2, 0.25) is 5.95 Å². The molecule has 4 N–H and O–H groups in total. The Morgan fingerprint density at radius 2 is 2.26 bits per heavy atom. The Hall–Kier alpha value is -2.34. The van der Waals surface area contributed by atoms with Gasteiger partial charge in [0, 0.05) is 6.42 Å². The van der Waals surface area contributed by atoms with Gasteiger partial charge < -0.3 is 19.7 Å². The number of nitrogens with two attached hydrogens (primary N) is 1. The van der Waals surface area contributed by atoms with E-state index < -0.39 is 43.7 Å². The number of rotatable bonds is 8. The van der Waals surface area contributed by atoms with E-state index in [1.54, 1.807) is 13.8 Å². The number of nitrogen functional groups attached to an aromatic ring is 1. The fourth-order valence-electron chi connectivity index (χ4n) is 3.27. The minimum Gasteiger partial charge on any atom is -0.462 e. The Bertz CT molecular complexity index is 1040. The predicted octanol–water partition coefficient (Wildman–Crippen LogP) is 1.05. The number of anilines is 1. The van der Waals surface area contributed by atoms with Gasteiger partial charge >= 0.3 is 5.97 Å². The zero-order valence-electron chi connectivity index (χ0n) is 17.5. The number of fused-ring (bicyclic) bond motifs is 1. The van der Waals surface area contributed by atoms with Crippen LogP contribution in [0.5, 0.6) is 0 Å². The fourth-order valence-corrected chi connectivity index (χ4v) is 4.16. The first-order valence-corrected chi connectivity index (χ1v) is 11.0. The van der Waals surface area contributed by atoms with E-state index in [1.807, 2.05) is 0 Å². The number of carbonyl (C=O) groups excluding carboxylic acids is 1. The van der Waals surface area contributed by atoms with Gasteiger partial charge in [-0.25, -0.2) is 14.5 Å². The van der Waals surface area contributed by atoms with Gasteiger partial charge in [-0.15, -0.1) is 0 Å². The van der Waals surface area contributed by atoms with Crippen LogP contribution in [-0.4, -0.2) is 56.0 Å². The summed E-state index contributed by atoms with van der Waals surface area (Å²) >= 11 is 0. The zero-order chi connectivity index (χ0) is 22.9. The number of hydrogen-bond donors (Lipinski definition) is 3. The number of hydrogen-bond acceptors (Lipinski definition) is 9. The van der Waals surface area contributed by atoms with Crippen molar-refractivity contribution in [3.8, 4) is 0 Å². The molecule has 0 spiro atoms. The van der Waals surface area contributed by atoms with Gasteiger partial charge in [0.05, 0.1) is 25.1 Å². The Labute approximate surface area is 177 Å². The Kier molecular flexibility index (Phi) is 6.79. The summed E-state index contributed by atoms with van der Waals surface area (Å²) in [5.74, 6) is -0.688. The van der Waals surface area contributed by atoms with E-state index in [0.717, 1.165) is 0 Å². The molecule has 1 fully saturated rings. The standard InChI is InChI=1S/C17H26FN6O6P/c1-8(2)29-14(26)9(3)23-31(27)28-6-10-5-17(4,18)15(30-10)24-7-20-11-12(24)21-16(19)22-13(11)25/h7-10,15,31H,5-6H2,1-4H3,(H,23,27)(H3,19,21,22,25)/t9-,10-,15+,17+/m0/s1. The number of esters is 1. The highest BCUT2D eigenvalue weighted by atomic mass is 31.1. The summed E-state index contributed by atoms with van der Waals surface area (Å²) in [7, 11) is -2.81. The molecule has 0 amide bonds. The molecule has 1 aliphatic rings. The molecule has 2 aromatic rings. The second-order valence-corrected chi connectivity index (χ2v) is 8.97. The van der Waals surface area contributed by atoms with E-state index in [0.29, 0.717) is 0 Å². The van der Waals surface area contributed by atoms with Crippen molar-refractivity contribution in [2.24, 2.45) is 0 Å². The summed E-state index contributed by atoms with van der Waals surface area (Å²) in [4.78, 5) is 34.0. The van der Waals surface area contributed by atoms with Crippen LogP contribution in [0.15, 0.2) is 11.1 Å². The average Bonchev–Trinajstić information content (AvgIpc) is 3.19. The van der Waals surface area contributed by atoms with Gasteiger partial charge in [-0.1, -0.05) is 0 Å². The first-order chi connectivity index (χ1) is 14.5. The number of aromatic amines is 1. The third-order valence-electron chi connectivity index (χ3n) is 4.61. The first kappa shape index (κ1) is 23.3. The van der Waals surface area contributed by atoms with E-state index in [1.165, 1.54) is 24.7 Å². The maximum atomic E-state index is 15.3. The quantitative estimate of drug-likeness (QED) is 0.383. The highest BCUT2D eigenvalue weighted by molar-refractivity contribution is 7.36. The molecule has 0 aliphatic carbocycles. The number of H-pyrrole nitrogens is 1. The number of nitrogens with zero attached hydrogens (tertiary/aromatic N) is 3. The van der Waals surface area contributed by atoms with E-state index in [-0.39, 0.29) is 36.2 Å². The van der Waals surface area contributed by atoms with Gasteiger partial charge in [-0.05, 0) is 27.7 Å². The Morgan fingerprint density at radius 3 is 2.94 bits per heavy atom. The van der Waals surface area contributed by atoms with Crippen LogP contribution in [-0.2, 0) is 23.4 Å².